The standard InChI is InChI=1S/C15H17N3O5/c1-10(9-16)6-13(15(20)23-2)17-14(19)8-11-4-3-5-12(7-11)18(21)22/h3-5,7,10,13H,6,8H2,1-2H3,(H,17,19)/t10-,13-/m1/s1. The molecule has 1 N–H and O–H groups in total. The van der Waals surface area contributed by atoms with E-state index in [9.17, 15) is 19.7 Å². The van der Waals surface area contributed by atoms with E-state index in [0.717, 1.165) is 0 Å². The number of benzene rings is 1. The normalized spacial score (nSPS) is 12.6. The lowest BCUT2D eigenvalue weighted by atomic mass is 10.0. The summed E-state index contributed by atoms with van der Waals surface area (Å²) in [5.41, 5.74) is 0.339. The van der Waals surface area contributed by atoms with Gasteiger partial charge in [0.2, 0.25) is 5.91 Å². The highest BCUT2D eigenvalue weighted by molar-refractivity contribution is 5.85. The van der Waals surface area contributed by atoms with Gasteiger partial charge in [0.1, 0.15) is 6.04 Å². The fourth-order valence-electron chi connectivity index (χ4n) is 1.97. The number of nitriles is 1. The molecule has 0 saturated heterocycles. The van der Waals surface area contributed by atoms with E-state index in [4.69, 9.17) is 5.26 Å². The van der Waals surface area contributed by atoms with Gasteiger partial charge >= 0.3 is 5.97 Å². The van der Waals surface area contributed by atoms with Gasteiger partial charge in [0.05, 0.1) is 24.5 Å². The van der Waals surface area contributed by atoms with Gasteiger partial charge in [-0.15, -0.1) is 0 Å². The number of hydrogen-bond donors (Lipinski definition) is 1. The molecule has 0 aliphatic carbocycles. The maximum Gasteiger partial charge on any atom is 0.328 e. The minimum atomic E-state index is -0.930. The van der Waals surface area contributed by atoms with Gasteiger partial charge < -0.3 is 10.1 Å². The molecule has 8 nitrogen and oxygen atoms in total. The van der Waals surface area contributed by atoms with Crippen LogP contribution in [0.4, 0.5) is 5.69 Å². The van der Waals surface area contributed by atoms with Crippen LogP contribution in [-0.2, 0) is 20.7 Å². The molecular formula is C15H17N3O5. The zero-order valence-corrected chi connectivity index (χ0v) is 12.8. The molecule has 0 radical (unpaired) electrons. The number of nitrogens with one attached hydrogen (secondary N) is 1. The zero-order valence-electron chi connectivity index (χ0n) is 12.8. The topological polar surface area (TPSA) is 122 Å². The van der Waals surface area contributed by atoms with Crippen LogP contribution in [0.1, 0.15) is 18.9 Å². The molecule has 0 spiro atoms. The van der Waals surface area contributed by atoms with Crippen LogP contribution in [0.5, 0.6) is 0 Å². The van der Waals surface area contributed by atoms with Crippen LogP contribution in [0, 0.1) is 27.4 Å². The van der Waals surface area contributed by atoms with Crippen LogP contribution in [0.3, 0.4) is 0 Å². The number of hydrogen-bond acceptors (Lipinski definition) is 6. The van der Waals surface area contributed by atoms with E-state index < -0.39 is 28.8 Å². The van der Waals surface area contributed by atoms with Gasteiger partial charge in [-0.05, 0) is 18.9 Å². The molecule has 8 heteroatoms. The molecule has 1 amide bonds. The quantitative estimate of drug-likeness (QED) is 0.460. The van der Waals surface area contributed by atoms with Crippen LogP contribution in [-0.4, -0.2) is 30.0 Å². The van der Waals surface area contributed by atoms with Gasteiger partial charge in [-0.2, -0.15) is 5.26 Å². The summed E-state index contributed by atoms with van der Waals surface area (Å²) in [5.74, 6) is -1.55. The van der Waals surface area contributed by atoms with Gasteiger partial charge in [-0.3, -0.25) is 14.9 Å². The molecule has 0 saturated carbocycles. The lowest BCUT2D eigenvalue weighted by Crippen LogP contribution is -2.43. The predicted molar refractivity (Wildman–Crippen MR) is 80.1 cm³/mol. The molecule has 23 heavy (non-hydrogen) atoms. The van der Waals surface area contributed by atoms with E-state index in [1.165, 1.54) is 25.3 Å². The lowest BCUT2D eigenvalue weighted by molar-refractivity contribution is -0.384. The monoisotopic (exact) mass is 319 g/mol. The summed E-state index contributed by atoms with van der Waals surface area (Å²) in [6.45, 7) is 1.63. The maximum absolute atomic E-state index is 12.0. The Bertz CT molecular complexity index is 638. The largest absolute Gasteiger partial charge is 0.467 e. The molecular weight excluding hydrogens is 302 g/mol. The molecule has 0 aliphatic rings. The van der Waals surface area contributed by atoms with Crippen molar-refractivity contribution in [3.05, 3.63) is 39.9 Å². The number of ether oxygens (including phenoxy) is 1. The minimum absolute atomic E-state index is 0.113. The average molecular weight is 319 g/mol. The number of nitro benzene ring substituents is 1. The minimum Gasteiger partial charge on any atom is -0.467 e. The first-order valence-corrected chi connectivity index (χ1v) is 6.87. The van der Waals surface area contributed by atoms with Gasteiger partial charge in [0.25, 0.3) is 5.69 Å². The number of nitro groups is 1. The summed E-state index contributed by atoms with van der Waals surface area (Å²) in [6, 6.07) is 6.74. The summed E-state index contributed by atoms with van der Waals surface area (Å²) < 4.78 is 4.61. The van der Waals surface area contributed by atoms with E-state index in [1.54, 1.807) is 13.0 Å². The number of carbonyl (C=O) groups is 2. The smallest absolute Gasteiger partial charge is 0.328 e. The summed E-state index contributed by atoms with van der Waals surface area (Å²) in [4.78, 5) is 33.8. The molecule has 1 rings (SSSR count). The Hall–Kier alpha value is -2.95. The first-order valence-electron chi connectivity index (χ1n) is 6.87. The molecule has 0 bridgehead atoms. The average Bonchev–Trinajstić information content (AvgIpc) is 2.53. The van der Waals surface area contributed by atoms with Crippen molar-refractivity contribution in [1.29, 1.82) is 5.26 Å². The van der Waals surface area contributed by atoms with Crippen LogP contribution >= 0.6 is 0 Å². The fourth-order valence-corrected chi connectivity index (χ4v) is 1.97. The Kier molecular flexibility index (Phi) is 6.68. The van der Waals surface area contributed by atoms with Crippen molar-refractivity contribution in [2.24, 2.45) is 5.92 Å². The molecule has 1 aromatic carbocycles. The van der Waals surface area contributed by atoms with Crippen LogP contribution in [0.2, 0.25) is 0 Å². The van der Waals surface area contributed by atoms with Crippen LogP contribution < -0.4 is 5.32 Å². The number of amides is 1. The Morgan fingerprint density at radius 3 is 2.74 bits per heavy atom. The molecule has 0 aromatic heterocycles. The van der Waals surface area contributed by atoms with E-state index in [0.29, 0.717) is 5.56 Å². The van der Waals surface area contributed by atoms with Crippen molar-refractivity contribution >= 4 is 17.6 Å². The number of nitrogens with zero attached hydrogens (tertiary/aromatic N) is 2. The summed E-state index contributed by atoms with van der Waals surface area (Å²) in [7, 11) is 1.19. The van der Waals surface area contributed by atoms with Crippen molar-refractivity contribution in [2.75, 3.05) is 7.11 Å². The number of carbonyl (C=O) groups excluding carboxylic acids is 2. The Morgan fingerprint density at radius 2 is 2.17 bits per heavy atom. The predicted octanol–water partition coefficient (Wildman–Crippen LogP) is 1.34. The first kappa shape index (κ1) is 18.1. The number of esters is 1. The molecule has 2 atom stereocenters. The molecule has 0 fully saturated rings. The molecule has 1 aromatic rings. The van der Waals surface area contributed by atoms with E-state index in [-0.39, 0.29) is 18.5 Å². The Morgan fingerprint density at radius 1 is 1.48 bits per heavy atom. The van der Waals surface area contributed by atoms with Crippen LogP contribution in [0.15, 0.2) is 24.3 Å². The van der Waals surface area contributed by atoms with E-state index in [1.807, 2.05) is 6.07 Å². The second-order valence-corrected chi connectivity index (χ2v) is 5.01. The van der Waals surface area contributed by atoms with E-state index >= 15 is 0 Å². The third-order valence-electron chi connectivity index (χ3n) is 3.12. The van der Waals surface area contributed by atoms with Gasteiger partial charge in [-0.25, -0.2) is 4.79 Å². The van der Waals surface area contributed by atoms with Crippen molar-refractivity contribution in [1.82, 2.24) is 5.32 Å². The number of methoxy groups -OCH3 is 1. The summed E-state index contributed by atoms with van der Waals surface area (Å²) >= 11 is 0. The summed E-state index contributed by atoms with van der Waals surface area (Å²) in [5, 5.41) is 22.0. The van der Waals surface area contributed by atoms with Gasteiger partial charge in [-0.1, -0.05) is 12.1 Å². The number of non-ortho nitro benzene ring substituents is 1. The Labute approximate surface area is 133 Å². The lowest BCUT2D eigenvalue weighted by Gasteiger charge is -2.17. The van der Waals surface area contributed by atoms with Crippen molar-refractivity contribution in [3.63, 3.8) is 0 Å². The highest BCUT2D eigenvalue weighted by Crippen LogP contribution is 2.14. The SMILES string of the molecule is COC(=O)[C@@H](C[C@@H](C)C#N)NC(=O)Cc1cccc([N+](=O)[O-])c1. The number of rotatable bonds is 7. The highest BCUT2D eigenvalue weighted by atomic mass is 16.6. The third kappa shape index (κ3) is 5.74. The van der Waals surface area contributed by atoms with Crippen molar-refractivity contribution < 1.29 is 19.2 Å². The molecule has 0 unspecified atom stereocenters. The first-order chi connectivity index (χ1) is 10.9. The second-order valence-electron chi connectivity index (χ2n) is 5.01. The zero-order chi connectivity index (χ0) is 17.4. The maximum atomic E-state index is 12.0. The fraction of sp³-hybridized carbons (Fsp3) is 0.400. The summed E-state index contributed by atoms with van der Waals surface area (Å²) in [6.07, 6.45) is 0.0138. The van der Waals surface area contributed by atoms with Crippen molar-refractivity contribution in [3.8, 4) is 6.07 Å². The van der Waals surface area contributed by atoms with Gasteiger partial charge in [0, 0.05) is 18.1 Å². The molecule has 0 heterocycles. The van der Waals surface area contributed by atoms with Crippen LogP contribution in [0.25, 0.3) is 0 Å². The Balaban J connectivity index is 2.75. The highest BCUT2D eigenvalue weighted by Gasteiger charge is 2.24. The van der Waals surface area contributed by atoms with E-state index in [2.05, 4.69) is 10.1 Å². The molecule has 122 valence electrons. The molecule has 0 aliphatic heterocycles. The van der Waals surface area contributed by atoms with Gasteiger partial charge in [0.15, 0.2) is 0 Å². The van der Waals surface area contributed by atoms with Crippen molar-refractivity contribution in [2.45, 2.75) is 25.8 Å². The third-order valence-corrected chi connectivity index (χ3v) is 3.12. The second kappa shape index (κ2) is 8.48.